The van der Waals surface area contributed by atoms with E-state index in [1.165, 1.54) is 12.8 Å². The fraction of sp³-hybridized carbons (Fsp3) is 0.833. The highest BCUT2D eigenvalue weighted by atomic mass is 16.7. The summed E-state index contributed by atoms with van der Waals surface area (Å²) in [7, 11) is 0. The molecule has 1 N–H and O–H groups in total. The van der Waals surface area contributed by atoms with Gasteiger partial charge in [-0.15, -0.1) is 0 Å². The molecule has 3 heteroatoms. The van der Waals surface area contributed by atoms with Gasteiger partial charge in [0.05, 0.1) is 6.61 Å². The molecule has 3 nitrogen and oxygen atoms in total. The van der Waals surface area contributed by atoms with Crippen LogP contribution in [0.15, 0.2) is 12.2 Å². The molecule has 1 heterocycles. The second-order valence-electron chi connectivity index (χ2n) is 3.79. The summed E-state index contributed by atoms with van der Waals surface area (Å²) in [5, 5.41) is 8.55. The molecule has 1 rings (SSSR count). The Morgan fingerprint density at radius 1 is 1.27 bits per heavy atom. The van der Waals surface area contributed by atoms with Gasteiger partial charge < -0.3 is 14.6 Å². The fourth-order valence-electron chi connectivity index (χ4n) is 1.57. The second kappa shape index (κ2) is 8.89. The first-order valence-corrected chi connectivity index (χ1v) is 5.92. The molecular weight excluding hydrogens is 192 g/mol. The Kier molecular flexibility index (Phi) is 7.52. The van der Waals surface area contributed by atoms with E-state index in [0.29, 0.717) is 0 Å². The Bertz CT molecular complexity index is 162. The van der Waals surface area contributed by atoms with E-state index >= 15 is 0 Å². The third-order valence-electron chi connectivity index (χ3n) is 2.42. The van der Waals surface area contributed by atoms with Crippen molar-refractivity contribution in [3.63, 3.8) is 0 Å². The first-order chi connectivity index (χ1) is 7.43. The van der Waals surface area contributed by atoms with Crippen LogP contribution in [0.4, 0.5) is 0 Å². The topological polar surface area (TPSA) is 38.7 Å². The molecule has 0 amide bonds. The lowest BCUT2D eigenvalue weighted by Gasteiger charge is -2.22. The van der Waals surface area contributed by atoms with Crippen molar-refractivity contribution in [2.45, 2.75) is 44.8 Å². The summed E-state index contributed by atoms with van der Waals surface area (Å²) in [5.41, 5.74) is 0. The largest absolute Gasteiger partial charge is 0.396 e. The van der Waals surface area contributed by atoms with Gasteiger partial charge in [-0.25, -0.2) is 0 Å². The van der Waals surface area contributed by atoms with Gasteiger partial charge in [-0.2, -0.15) is 0 Å². The lowest BCUT2D eigenvalue weighted by atomic mass is 10.2. The predicted octanol–water partition coefficient (Wildman–Crippen LogP) is 2.25. The molecule has 0 spiro atoms. The zero-order chi connectivity index (χ0) is 10.8. The molecule has 1 fully saturated rings. The first-order valence-electron chi connectivity index (χ1n) is 5.92. The zero-order valence-electron chi connectivity index (χ0n) is 9.36. The van der Waals surface area contributed by atoms with Gasteiger partial charge in [-0.05, 0) is 38.5 Å². The van der Waals surface area contributed by atoms with Crippen molar-refractivity contribution in [1.82, 2.24) is 0 Å². The standard InChI is InChI=1S/C12H22O3/c13-9-5-2-1-3-6-10-14-12-8-4-7-11-15-12/h1-2,12-13H,3-11H2. The van der Waals surface area contributed by atoms with Crippen molar-refractivity contribution in [2.75, 3.05) is 19.8 Å². The van der Waals surface area contributed by atoms with Gasteiger partial charge in [0.2, 0.25) is 0 Å². The van der Waals surface area contributed by atoms with Crippen LogP contribution >= 0.6 is 0 Å². The molecule has 1 unspecified atom stereocenters. The molecule has 0 aromatic rings. The van der Waals surface area contributed by atoms with Gasteiger partial charge in [-0.1, -0.05) is 12.2 Å². The average Bonchev–Trinajstić information content (AvgIpc) is 2.29. The van der Waals surface area contributed by atoms with Gasteiger partial charge in [0, 0.05) is 13.2 Å². The lowest BCUT2D eigenvalue weighted by molar-refractivity contribution is -0.162. The van der Waals surface area contributed by atoms with Crippen molar-refractivity contribution in [3.8, 4) is 0 Å². The molecule has 1 aliphatic heterocycles. The van der Waals surface area contributed by atoms with Gasteiger partial charge in [0.25, 0.3) is 0 Å². The van der Waals surface area contributed by atoms with E-state index in [9.17, 15) is 0 Å². The molecule has 0 bridgehead atoms. The summed E-state index contributed by atoms with van der Waals surface area (Å²) >= 11 is 0. The van der Waals surface area contributed by atoms with E-state index in [4.69, 9.17) is 14.6 Å². The molecule has 1 saturated heterocycles. The van der Waals surface area contributed by atoms with Crippen molar-refractivity contribution in [3.05, 3.63) is 12.2 Å². The summed E-state index contributed by atoms with van der Waals surface area (Å²) in [6.45, 7) is 1.86. The number of aliphatic hydroxyl groups is 1. The number of hydrogen-bond acceptors (Lipinski definition) is 3. The fourth-order valence-corrected chi connectivity index (χ4v) is 1.57. The minimum atomic E-state index is 0.0418. The van der Waals surface area contributed by atoms with Gasteiger partial charge in [0.15, 0.2) is 6.29 Å². The van der Waals surface area contributed by atoms with E-state index < -0.39 is 0 Å². The molecule has 1 atom stereocenters. The minimum Gasteiger partial charge on any atom is -0.396 e. The van der Waals surface area contributed by atoms with Crippen LogP contribution in [-0.4, -0.2) is 31.2 Å². The molecule has 0 aromatic heterocycles. The highest BCUT2D eigenvalue weighted by molar-refractivity contribution is 4.80. The summed E-state index contributed by atoms with van der Waals surface area (Å²) in [6.07, 6.45) is 10.4. The molecule has 88 valence electrons. The quantitative estimate of drug-likeness (QED) is 0.522. The smallest absolute Gasteiger partial charge is 0.157 e. The van der Waals surface area contributed by atoms with Crippen molar-refractivity contribution < 1.29 is 14.6 Å². The van der Waals surface area contributed by atoms with Crippen LogP contribution in [0.1, 0.15) is 38.5 Å². The highest BCUT2D eigenvalue weighted by Gasteiger charge is 2.12. The number of unbranched alkanes of at least 4 members (excludes halogenated alkanes) is 1. The highest BCUT2D eigenvalue weighted by Crippen LogP contribution is 2.13. The Balaban J connectivity index is 1.87. The third-order valence-corrected chi connectivity index (χ3v) is 2.42. The molecule has 0 aliphatic carbocycles. The van der Waals surface area contributed by atoms with Crippen molar-refractivity contribution in [2.24, 2.45) is 0 Å². The average molecular weight is 214 g/mol. The molecule has 15 heavy (non-hydrogen) atoms. The monoisotopic (exact) mass is 214 g/mol. The molecule has 1 aliphatic rings. The van der Waals surface area contributed by atoms with E-state index in [-0.39, 0.29) is 12.9 Å². The van der Waals surface area contributed by atoms with Crippen LogP contribution in [0.2, 0.25) is 0 Å². The number of aliphatic hydroxyl groups excluding tert-OH is 1. The van der Waals surface area contributed by atoms with Gasteiger partial charge >= 0.3 is 0 Å². The predicted molar refractivity (Wildman–Crippen MR) is 59.6 cm³/mol. The van der Waals surface area contributed by atoms with Crippen LogP contribution < -0.4 is 0 Å². The van der Waals surface area contributed by atoms with E-state index in [1.807, 2.05) is 6.08 Å². The van der Waals surface area contributed by atoms with Crippen LogP contribution in [-0.2, 0) is 9.47 Å². The summed E-state index contributed by atoms with van der Waals surface area (Å²) < 4.78 is 11.0. The van der Waals surface area contributed by atoms with E-state index in [1.54, 1.807) is 0 Å². The number of allylic oxidation sites excluding steroid dienone is 1. The Morgan fingerprint density at radius 3 is 2.87 bits per heavy atom. The maximum Gasteiger partial charge on any atom is 0.157 e. The number of ether oxygens (including phenoxy) is 2. The summed E-state index contributed by atoms with van der Waals surface area (Å²) in [4.78, 5) is 0. The maximum atomic E-state index is 8.55. The number of rotatable bonds is 7. The van der Waals surface area contributed by atoms with E-state index in [0.717, 1.165) is 38.9 Å². The molecule has 0 radical (unpaired) electrons. The van der Waals surface area contributed by atoms with Crippen LogP contribution in [0, 0.1) is 0 Å². The minimum absolute atomic E-state index is 0.0418. The van der Waals surface area contributed by atoms with E-state index in [2.05, 4.69) is 6.08 Å². The van der Waals surface area contributed by atoms with Gasteiger partial charge in [0.1, 0.15) is 0 Å². The summed E-state index contributed by atoms with van der Waals surface area (Å²) in [6, 6.07) is 0. The Morgan fingerprint density at radius 2 is 2.13 bits per heavy atom. The third kappa shape index (κ3) is 6.66. The number of hydrogen-bond donors (Lipinski definition) is 1. The molecule has 0 aromatic carbocycles. The Hall–Kier alpha value is -0.380. The normalized spacial score (nSPS) is 22.3. The molecular formula is C12H22O3. The lowest BCUT2D eigenvalue weighted by Crippen LogP contribution is -2.22. The van der Waals surface area contributed by atoms with Crippen molar-refractivity contribution >= 4 is 0 Å². The molecule has 0 saturated carbocycles. The van der Waals surface area contributed by atoms with Crippen LogP contribution in [0.5, 0.6) is 0 Å². The van der Waals surface area contributed by atoms with Gasteiger partial charge in [-0.3, -0.25) is 0 Å². The van der Waals surface area contributed by atoms with Crippen LogP contribution in [0.25, 0.3) is 0 Å². The maximum absolute atomic E-state index is 8.55. The van der Waals surface area contributed by atoms with Crippen LogP contribution in [0.3, 0.4) is 0 Å². The SMILES string of the molecule is OCCC=CCCCOC1CCCCO1. The summed E-state index contributed by atoms with van der Waals surface area (Å²) in [5.74, 6) is 0. The second-order valence-corrected chi connectivity index (χ2v) is 3.79. The zero-order valence-corrected chi connectivity index (χ0v) is 9.36. The Labute approximate surface area is 92.1 Å². The van der Waals surface area contributed by atoms with Crippen molar-refractivity contribution in [1.29, 1.82) is 0 Å². The first kappa shape index (κ1) is 12.7.